The van der Waals surface area contributed by atoms with Gasteiger partial charge >= 0.3 is 0 Å². The summed E-state index contributed by atoms with van der Waals surface area (Å²) >= 11 is 0. The highest BCUT2D eigenvalue weighted by Gasteiger charge is 2.25. The molecule has 0 saturated heterocycles. The Labute approximate surface area is 146 Å². The third kappa shape index (κ3) is 3.24. The molecule has 0 amide bonds. The molecule has 24 heavy (non-hydrogen) atoms. The van der Waals surface area contributed by atoms with Crippen molar-refractivity contribution in [3.05, 3.63) is 84.9 Å². The monoisotopic (exact) mass is 338 g/mol. The van der Waals surface area contributed by atoms with E-state index in [4.69, 9.17) is 0 Å². The first-order valence-electron chi connectivity index (χ1n) is 7.65. The summed E-state index contributed by atoms with van der Waals surface area (Å²) in [6.07, 6.45) is 13.5. The molecule has 0 aromatic carbocycles. The summed E-state index contributed by atoms with van der Waals surface area (Å²) in [4.78, 5) is 2.13. The third-order valence-corrected chi connectivity index (χ3v) is 4.18. The fourth-order valence-electron chi connectivity index (χ4n) is 2.76. The van der Waals surface area contributed by atoms with Crippen LogP contribution in [0, 0.1) is 0 Å². The van der Waals surface area contributed by atoms with Gasteiger partial charge in [0.15, 0.2) is 0 Å². The fraction of sp³-hybridized carbons (Fsp3) is 0.158. The second-order valence-electron chi connectivity index (χ2n) is 5.33. The molecule has 5 heteroatoms. The zero-order chi connectivity index (χ0) is 17.7. The zero-order valence-electron chi connectivity index (χ0n) is 14.2. The van der Waals surface area contributed by atoms with Crippen molar-refractivity contribution in [3.63, 3.8) is 0 Å². The van der Waals surface area contributed by atoms with Gasteiger partial charge < -0.3 is 4.90 Å². The van der Waals surface area contributed by atoms with Crippen LogP contribution in [0.3, 0.4) is 0 Å². The summed E-state index contributed by atoms with van der Waals surface area (Å²) in [6.45, 7) is 14.5. The summed E-state index contributed by atoms with van der Waals surface area (Å²) < 4.78 is 1.72. The first-order chi connectivity index (χ1) is 11.6. The number of fused-ring (bicyclic) bond motifs is 1. The van der Waals surface area contributed by atoms with E-state index < -0.39 is 0 Å². The molecule has 2 heterocycles. The first-order valence-corrected chi connectivity index (χ1v) is 8.17. The van der Waals surface area contributed by atoms with Gasteiger partial charge in [0.2, 0.25) is 0 Å². The van der Waals surface area contributed by atoms with Crippen molar-refractivity contribution in [1.29, 1.82) is 0 Å². The molecule has 1 aliphatic rings. The number of likely N-dealkylation sites (N-methyl/N-ethyl adjacent to an activating group) is 1. The molecule has 0 radical (unpaired) electrons. The molecule has 4 nitrogen and oxygen atoms in total. The molecule has 0 spiro atoms. The maximum Gasteiger partial charge on any atom is 0.123 e. The molecule has 1 aromatic heterocycles. The lowest BCUT2D eigenvalue weighted by molar-refractivity contribution is 0.474. The van der Waals surface area contributed by atoms with E-state index in [0.29, 0.717) is 6.54 Å². The van der Waals surface area contributed by atoms with Gasteiger partial charge in [-0.3, -0.25) is 0 Å². The van der Waals surface area contributed by atoms with Gasteiger partial charge in [0, 0.05) is 30.4 Å². The van der Waals surface area contributed by atoms with E-state index in [-0.39, 0.29) is 0 Å². The Hall–Kier alpha value is -2.45. The minimum Gasteiger partial charge on any atom is -0.370 e. The molecule has 0 aliphatic carbocycles. The van der Waals surface area contributed by atoms with E-state index >= 15 is 0 Å². The van der Waals surface area contributed by atoms with Crippen LogP contribution in [0.2, 0.25) is 0 Å². The minimum absolute atomic E-state index is 0.712. The quantitative estimate of drug-likeness (QED) is 0.778. The summed E-state index contributed by atoms with van der Waals surface area (Å²) in [5.41, 5.74) is 5.77. The molecular weight excluding hydrogens is 315 g/mol. The van der Waals surface area contributed by atoms with Crippen LogP contribution in [-0.2, 0) is 0 Å². The Bertz CT molecular complexity index is 790. The van der Waals surface area contributed by atoms with Crippen molar-refractivity contribution in [2.24, 2.45) is 0 Å². The van der Waals surface area contributed by atoms with Crippen LogP contribution in [0.1, 0.15) is 18.3 Å². The van der Waals surface area contributed by atoms with Crippen molar-refractivity contribution >= 4 is 20.5 Å². The second kappa shape index (κ2) is 7.89. The third-order valence-electron chi connectivity index (χ3n) is 3.82. The van der Waals surface area contributed by atoms with Crippen molar-refractivity contribution < 1.29 is 0 Å². The summed E-state index contributed by atoms with van der Waals surface area (Å²) in [5.74, 6) is 0. The SMILES string of the molecule is C=CC=C1CN(C)/C(C=C)=C(/C=C)c2nnn(P)c2/C1=C/C=C\C. The first kappa shape index (κ1) is 17.9. The lowest BCUT2D eigenvalue weighted by atomic mass is 9.93. The van der Waals surface area contributed by atoms with Crippen LogP contribution in [0.15, 0.2) is 73.5 Å². The predicted octanol–water partition coefficient (Wildman–Crippen LogP) is 4.02. The van der Waals surface area contributed by atoms with Crippen LogP contribution in [0.4, 0.5) is 0 Å². The van der Waals surface area contributed by atoms with Gasteiger partial charge in [0.25, 0.3) is 0 Å². The number of hydrogen-bond donors (Lipinski definition) is 0. The Kier molecular flexibility index (Phi) is 5.88. The minimum atomic E-state index is 0.712. The smallest absolute Gasteiger partial charge is 0.123 e. The van der Waals surface area contributed by atoms with Crippen LogP contribution >= 0.6 is 9.39 Å². The molecule has 1 aliphatic heterocycles. The molecule has 0 N–H and O–H groups in total. The van der Waals surface area contributed by atoms with Crippen molar-refractivity contribution in [2.45, 2.75) is 6.92 Å². The van der Waals surface area contributed by atoms with Crippen molar-refractivity contribution in [1.82, 2.24) is 19.7 Å². The van der Waals surface area contributed by atoms with Crippen molar-refractivity contribution in [2.75, 3.05) is 13.6 Å². The summed E-state index contributed by atoms with van der Waals surface area (Å²) in [6, 6.07) is 0. The lowest BCUT2D eigenvalue weighted by Crippen LogP contribution is -2.23. The number of hydrogen-bond acceptors (Lipinski definition) is 3. The molecule has 0 saturated carbocycles. The van der Waals surface area contributed by atoms with Gasteiger partial charge in [-0.15, -0.1) is 5.10 Å². The summed E-state index contributed by atoms with van der Waals surface area (Å²) in [7, 11) is 4.63. The van der Waals surface area contributed by atoms with Crippen LogP contribution < -0.4 is 0 Å². The topological polar surface area (TPSA) is 34.0 Å². The maximum absolute atomic E-state index is 4.37. The average Bonchev–Trinajstić information content (AvgIpc) is 2.93. The van der Waals surface area contributed by atoms with E-state index in [2.05, 4.69) is 50.4 Å². The molecule has 124 valence electrons. The van der Waals surface area contributed by atoms with E-state index in [0.717, 1.165) is 33.8 Å². The highest BCUT2D eigenvalue weighted by Crippen LogP contribution is 2.36. The molecule has 2 rings (SSSR count). The predicted molar refractivity (Wildman–Crippen MR) is 106 cm³/mol. The van der Waals surface area contributed by atoms with E-state index in [1.807, 2.05) is 38.3 Å². The van der Waals surface area contributed by atoms with E-state index in [1.165, 1.54) is 0 Å². The normalized spacial score (nSPS) is 21.7. The van der Waals surface area contributed by atoms with Crippen LogP contribution in [-0.4, -0.2) is 33.3 Å². The Morgan fingerprint density at radius 3 is 2.50 bits per heavy atom. The molecule has 1 unspecified atom stereocenters. The molecular formula is C19H23N4P. The maximum atomic E-state index is 4.37. The molecule has 0 fully saturated rings. The summed E-state index contributed by atoms with van der Waals surface area (Å²) in [5, 5.41) is 8.57. The van der Waals surface area contributed by atoms with Gasteiger partial charge in [-0.25, -0.2) is 4.45 Å². The van der Waals surface area contributed by atoms with E-state index in [1.54, 1.807) is 16.6 Å². The lowest BCUT2D eigenvalue weighted by Gasteiger charge is -2.28. The number of allylic oxidation sites excluding steroid dienone is 8. The van der Waals surface area contributed by atoms with Gasteiger partial charge in [0.1, 0.15) is 11.4 Å². The highest BCUT2D eigenvalue weighted by atomic mass is 31.0. The van der Waals surface area contributed by atoms with Crippen molar-refractivity contribution in [3.8, 4) is 0 Å². The second-order valence-corrected chi connectivity index (χ2v) is 5.82. The van der Waals surface area contributed by atoms with Gasteiger partial charge in [-0.05, 0) is 28.0 Å². The number of aromatic nitrogens is 3. The van der Waals surface area contributed by atoms with Crippen LogP contribution in [0.5, 0.6) is 0 Å². The molecule has 0 bridgehead atoms. The Morgan fingerprint density at radius 1 is 1.17 bits per heavy atom. The van der Waals surface area contributed by atoms with Gasteiger partial charge in [-0.2, -0.15) is 0 Å². The standard InChI is InChI=1S/C19H23N4P/c1-6-10-12-16-14(11-7-2)13-22(5)17(9-4)15(8-3)18-19(16)23(24)21-20-18/h6-12H,2-4,13,24H2,1,5H3/b10-6-,14-11?,16-12+,17-15-. The molecule has 1 aromatic rings. The number of nitrogens with zero attached hydrogens (tertiary/aromatic N) is 4. The number of rotatable bonds is 4. The Balaban J connectivity index is 2.90. The van der Waals surface area contributed by atoms with Gasteiger partial charge in [0.05, 0.1) is 0 Å². The highest BCUT2D eigenvalue weighted by molar-refractivity contribution is 7.14. The largest absolute Gasteiger partial charge is 0.370 e. The van der Waals surface area contributed by atoms with Gasteiger partial charge in [-0.1, -0.05) is 61.4 Å². The van der Waals surface area contributed by atoms with E-state index in [9.17, 15) is 0 Å². The van der Waals surface area contributed by atoms with Crippen LogP contribution in [0.25, 0.3) is 11.1 Å². The molecule has 1 atom stereocenters. The Morgan fingerprint density at radius 2 is 1.92 bits per heavy atom. The fourth-order valence-corrected chi connectivity index (χ4v) is 3.07. The average molecular weight is 338 g/mol. The zero-order valence-corrected chi connectivity index (χ0v) is 15.4.